The summed E-state index contributed by atoms with van der Waals surface area (Å²) in [5, 5.41) is 15.7. The van der Waals surface area contributed by atoms with Gasteiger partial charge >= 0.3 is 5.69 Å². The molecule has 116 valence electrons. The Morgan fingerprint density at radius 1 is 1.68 bits per heavy atom. The topological polar surface area (TPSA) is 119 Å². The molecule has 0 atom stereocenters. The van der Waals surface area contributed by atoms with Gasteiger partial charge < -0.3 is 15.5 Å². The second kappa shape index (κ2) is 6.16. The van der Waals surface area contributed by atoms with Gasteiger partial charge in [-0.3, -0.25) is 15.5 Å². The molecular formula is C12H12ClN5O3S. The van der Waals surface area contributed by atoms with E-state index in [4.69, 9.17) is 22.1 Å². The van der Waals surface area contributed by atoms with Gasteiger partial charge in [-0.2, -0.15) is 5.10 Å². The van der Waals surface area contributed by atoms with Gasteiger partial charge in [0.15, 0.2) is 5.11 Å². The van der Waals surface area contributed by atoms with E-state index in [1.165, 1.54) is 13.3 Å². The number of halogens is 1. The molecule has 10 heteroatoms. The van der Waals surface area contributed by atoms with Gasteiger partial charge in [0, 0.05) is 11.1 Å². The third-order valence-corrected chi connectivity index (χ3v) is 3.33. The normalized spacial score (nSPS) is 11.0. The van der Waals surface area contributed by atoms with Crippen LogP contribution in [0, 0.1) is 17.0 Å². The average Bonchev–Trinajstić information content (AvgIpc) is 2.72. The number of benzene rings is 1. The first-order valence-corrected chi connectivity index (χ1v) is 6.77. The zero-order chi connectivity index (χ0) is 16.4. The Morgan fingerprint density at radius 3 is 2.91 bits per heavy atom. The summed E-state index contributed by atoms with van der Waals surface area (Å²) in [7, 11) is 1.37. The number of nitro benzene ring substituents is 1. The van der Waals surface area contributed by atoms with Crippen molar-refractivity contribution in [2.45, 2.75) is 6.92 Å². The molecule has 0 saturated carbocycles. The van der Waals surface area contributed by atoms with Crippen molar-refractivity contribution in [3.63, 3.8) is 0 Å². The van der Waals surface area contributed by atoms with Crippen LogP contribution in [0.25, 0.3) is 10.9 Å². The van der Waals surface area contributed by atoms with E-state index in [2.05, 4.69) is 27.7 Å². The number of hydrazone groups is 1. The molecule has 0 fully saturated rings. The molecule has 1 aromatic carbocycles. The van der Waals surface area contributed by atoms with Crippen molar-refractivity contribution in [1.82, 2.24) is 10.4 Å². The number of aryl methyl sites for hydroxylation is 1. The second-order valence-electron chi connectivity index (χ2n) is 4.34. The zero-order valence-electron chi connectivity index (χ0n) is 11.6. The molecule has 1 aromatic heterocycles. The van der Waals surface area contributed by atoms with Crippen molar-refractivity contribution in [2.75, 3.05) is 7.11 Å². The van der Waals surface area contributed by atoms with Crippen molar-refractivity contribution in [1.29, 1.82) is 0 Å². The second-order valence-corrected chi connectivity index (χ2v) is 5.16. The highest BCUT2D eigenvalue weighted by molar-refractivity contribution is 7.80. The summed E-state index contributed by atoms with van der Waals surface area (Å²) in [6, 6.07) is 1.71. The number of nitro groups is 1. The van der Waals surface area contributed by atoms with Crippen molar-refractivity contribution >= 4 is 51.7 Å². The molecule has 0 unspecified atom stereocenters. The minimum absolute atomic E-state index is 0.0323. The first kappa shape index (κ1) is 16.0. The predicted molar refractivity (Wildman–Crippen MR) is 88.8 cm³/mol. The van der Waals surface area contributed by atoms with Crippen LogP contribution in [0.3, 0.4) is 0 Å². The van der Waals surface area contributed by atoms with E-state index in [0.717, 1.165) is 0 Å². The Bertz CT molecular complexity index is 802. The average molecular weight is 342 g/mol. The minimum atomic E-state index is -0.517. The van der Waals surface area contributed by atoms with Gasteiger partial charge in [-0.05, 0) is 25.2 Å². The Morgan fingerprint density at radius 2 is 2.36 bits per heavy atom. The van der Waals surface area contributed by atoms with Crippen LogP contribution >= 0.6 is 23.8 Å². The van der Waals surface area contributed by atoms with Crippen LogP contribution in [0.1, 0.15) is 11.1 Å². The SMILES string of the molecule is COc1c(C)cc2[nH]c(Cl)c(C=NNC(N)=S)c2c1[N+](=O)[O-]. The number of thiocarbonyl (C=S) groups is 1. The number of aromatic nitrogens is 1. The molecule has 4 N–H and O–H groups in total. The lowest BCUT2D eigenvalue weighted by Crippen LogP contribution is -2.24. The fourth-order valence-electron chi connectivity index (χ4n) is 2.16. The minimum Gasteiger partial charge on any atom is -0.490 e. The summed E-state index contributed by atoms with van der Waals surface area (Å²) in [5.74, 6) is 0.171. The number of hydrogen-bond acceptors (Lipinski definition) is 5. The van der Waals surface area contributed by atoms with Crippen molar-refractivity contribution in [2.24, 2.45) is 10.8 Å². The number of fused-ring (bicyclic) bond motifs is 1. The number of nitrogens with two attached hydrogens (primary N) is 1. The number of nitrogens with zero attached hydrogens (tertiary/aromatic N) is 2. The van der Waals surface area contributed by atoms with Crippen LogP contribution in [0.4, 0.5) is 5.69 Å². The van der Waals surface area contributed by atoms with Gasteiger partial charge in [-0.25, -0.2) is 0 Å². The third kappa shape index (κ3) is 2.81. The predicted octanol–water partition coefficient (Wildman–Crippen LogP) is 2.21. The lowest BCUT2D eigenvalue weighted by molar-refractivity contribution is -0.384. The molecule has 0 aliphatic rings. The maximum absolute atomic E-state index is 11.5. The van der Waals surface area contributed by atoms with Gasteiger partial charge in [0.1, 0.15) is 5.15 Å². The Kier molecular flexibility index (Phi) is 4.48. The van der Waals surface area contributed by atoms with Gasteiger partial charge in [0.05, 0.1) is 29.2 Å². The molecule has 22 heavy (non-hydrogen) atoms. The number of nitrogens with one attached hydrogen (secondary N) is 2. The lowest BCUT2D eigenvalue weighted by atomic mass is 10.1. The van der Waals surface area contributed by atoms with Crippen molar-refractivity contribution < 1.29 is 9.66 Å². The van der Waals surface area contributed by atoms with Gasteiger partial charge in [-0.1, -0.05) is 11.6 Å². The Balaban J connectivity index is 2.77. The summed E-state index contributed by atoms with van der Waals surface area (Å²) < 4.78 is 5.15. The first-order valence-electron chi connectivity index (χ1n) is 5.98. The lowest BCUT2D eigenvalue weighted by Gasteiger charge is -2.06. The van der Waals surface area contributed by atoms with E-state index in [0.29, 0.717) is 22.0 Å². The smallest absolute Gasteiger partial charge is 0.321 e. The van der Waals surface area contributed by atoms with E-state index in [-0.39, 0.29) is 21.7 Å². The van der Waals surface area contributed by atoms with Crippen LogP contribution < -0.4 is 15.9 Å². The monoisotopic (exact) mass is 341 g/mol. The van der Waals surface area contributed by atoms with E-state index < -0.39 is 4.92 Å². The molecule has 0 aliphatic carbocycles. The molecule has 0 aliphatic heterocycles. The summed E-state index contributed by atoms with van der Waals surface area (Å²) >= 11 is 10.7. The molecule has 1 heterocycles. The number of H-pyrrole nitrogens is 1. The molecule has 2 aromatic rings. The molecule has 2 rings (SSSR count). The Labute approximate surface area is 135 Å². The summed E-state index contributed by atoms with van der Waals surface area (Å²) in [5.41, 5.74) is 8.91. The molecule has 0 spiro atoms. The maximum Gasteiger partial charge on any atom is 0.321 e. The highest BCUT2D eigenvalue weighted by Crippen LogP contribution is 2.41. The number of hydrogen-bond donors (Lipinski definition) is 3. The molecular weight excluding hydrogens is 330 g/mol. The fraction of sp³-hybridized carbons (Fsp3) is 0.167. The van der Waals surface area contributed by atoms with E-state index in [1.807, 2.05) is 0 Å². The molecule has 0 amide bonds. The maximum atomic E-state index is 11.5. The van der Waals surface area contributed by atoms with Crippen molar-refractivity contribution in [3.8, 4) is 5.75 Å². The zero-order valence-corrected chi connectivity index (χ0v) is 13.2. The standard InChI is InChI=1S/C12H12ClN5O3S/c1-5-3-7-8(9(18(19)20)10(5)21-2)6(11(13)16-7)4-15-17-12(14)22/h3-4,16H,1-2H3,(H3,14,17,22). The van der Waals surface area contributed by atoms with Crippen molar-refractivity contribution in [3.05, 3.63) is 32.5 Å². The summed E-state index contributed by atoms with van der Waals surface area (Å²) in [6.07, 6.45) is 1.31. The van der Waals surface area contributed by atoms with E-state index in [9.17, 15) is 10.1 Å². The third-order valence-electron chi connectivity index (χ3n) is 2.95. The quantitative estimate of drug-likeness (QED) is 0.339. The van der Waals surface area contributed by atoms with Gasteiger partial charge in [0.25, 0.3) is 0 Å². The van der Waals surface area contributed by atoms with Gasteiger partial charge in [0.2, 0.25) is 5.75 Å². The summed E-state index contributed by atoms with van der Waals surface area (Å²) in [4.78, 5) is 13.8. The summed E-state index contributed by atoms with van der Waals surface area (Å²) in [6.45, 7) is 1.71. The number of ether oxygens (including phenoxy) is 1. The number of methoxy groups -OCH3 is 1. The fourth-order valence-corrected chi connectivity index (χ4v) is 2.46. The van der Waals surface area contributed by atoms with Crippen LogP contribution in [0.5, 0.6) is 5.75 Å². The highest BCUT2D eigenvalue weighted by atomic mass is 35.5. The van der Waals surface area contributed by atoms with Gasteiger partial charge in [-0.15, -0.1) is 0 Å². The molecule has 0 radical (unpaired) electrons. The van der Waals surface area contributed by atoms with Crippen LogP contribution in [0.15, 0.2) is 11.2 Å². The van der Waals surface area contributed by atoms with E-state index >= 15 is 0 Å². The van der Waals surface area contributed by atoms with E-state index in [1.54, 1.807) is 13.0 Å². The first-order chi connectivity index (χ1) is 10.4. The molecule has 8 nitrogen and oxygen atoms in total. The highest BCUT2D eigenvalue weighted by Gasteiger charge is 2.26. The van der Waals surface area contributed by atoms with Crippen LogP contribution in [0.2, 0.25) is 5.15 Å². The molecule has 0 saturated heterocycles. The number of rotatable bonds is 4. The van der Waals surface area contributed by atoms with Crippen LogP contribution in [-0.4, -0.2) is 28.3 Å². The molecule has 0 bridgehead atoms. The number of aromatic amines is 1. The Hall–Kier alpha value is -2.39. The largest absolute Gasteiger partial charge is 0.490 e. The van der Waals surface area contributed by atoms with Crippen LogP contribution in [-0.2, 0) is 0 Å².